The van der Waals surface area contributed by atoms with Crippen LogP contribution in [0.25, 0.3) is 0 Å². The smallest absolute Gasteiger partial charge is 0.237 e. The summed E-state index contributed by atoms with van der Waals surface area (Å²) in [6, 6.07) is 0.605. The standard InChI is InChI=1S/C9H16N2O/c1-2-6-5-8(6)11-9(12)7-3-4-10-7/h6-8,10H,2-5H2,1H3,(H,11,12)/t6?,7-,8?/m1/s1. The maximum atomic E-state index is 11.4. The van der Waals surface area contributed by atoms with Gasteiger partial charge >= 0.3 is 0 Å². The van der Waals surface area contributed by atoms with E-state index in [1.165, 1.54) is 12.8 Å². The van der Waals surface area contributed by atoms with E-state index in [2.05, 4.69) is 17.6 Å². The van der Waals surface area contributed by atoms with Crippen molar-refractivity contribution in [3.8, 4) is 0 Å². The Morgan fingerprint density at radius 1 is 1.67 bits per heavy atom. The van der Waals surface area contributed by atoms with Crippen LogP contribution < -0.4 is 10.6 Å². The van der Waals surface area contributed by atoms with Crippen LogP contribution in [0.1, 0.15) is 26.2 Å². The molecule has 3 atom stereocenters. The summed E-state index contributed by atoms with van der Waals surface area (Å²) in [5.74, 6) is 0.969. The molecule has 2 rings (SSSR count). The zero-order valence-electron chi connectivity index (χ0n) is 7.47. The first-order valence-electron chi connectivity index (χ1n) is 4.85. The molecule has 1 aliphatic carbocycles. The van der Waals surface area contributed by atoms with Crippen LogP contribution in [0.15, 0.2) is 0 Å². The Hall–Kier alpha value is -0.570. The highest BCUT2D eigenvalue weighted by molar-refractivity contribution is 5.83. The number of hydrogen-bond acceptors (Lipinski definition) is 2. The molecule has 1 heterocycles. The number of nitrogens with one attached hydrogen (secondary N) is 2. The zero-order chi connectivity index (χ0) is 8.55. The molecule has 1 saturated carbocycles. The lowest BCUT2D eigenvalue weighted by Crippen LogP contribution is -2.53. The summed E-state index contributed by atoms with van der Waals surface area (Å²) in [6.07, 6.45) is 3.40. The number of rotatable bonds is 3. The summed E-state index contributed by atoms with van der Waals surface area (Å²) in [5, 5.41) is 6.15. The van der Waals surface area contributed by atoms with Crippen LogP contribution in [-0.4, -0.2) is 24.5 Å². The van der Waals surface area contributed by atoms with Gasteiger partial charge in [-0.25, -0.2) is 0 Å². The van der Waals surface area contributed by atoms with Crippen molar-refractivity contribution in [3.05, 3.63) is 0 Å². The van der Waals surface area contributed by atoms with E-state index < -0.39 is 0 Å². The zero-order valence-corrected chi connectivity index (χ0v) is 7.47. The van der Waals surface area contributed by atoms with E-state index in [9.17, 15) is 4.79 Å². The molecule has 2 fully saturated rings. The minimum atomic E-state index is 0.114. The molecule has 0 bridgehead atoms. The summed E-state index contributed by atoms with van der Waals surface area (Å²) in [6.45, 7) is 3.18. The van der Waals surface area contributed by atoms with Crippen LogP contribution in [0, 0.1) is 5.92 Å². The predicted molar refractivity (Wildman–Crippen MR) is 46.7 cm³/mol. The van der Waals surface area contributed by atoms with Crippen molar-refractivity contribution < 1.29 is 4.79 Å². The van der Waals surface area contributed by atoms with Gasteiger partial charge in [0.2, 0.25) is 5.91 Å². The van der Waals surface area contributed by atoms with Crippen LogP contribution in [0.2, 0.25) is 0 Å². The number of amides is 1. The van der Waals surface area contributed by atoms with Gasteiger partial charge in [0.15, 0.2) is 0 Å². The average Bonchev–Trinajstić information content (AvgIpc) is 2.63. The summed E-state index contributed by atoms with van der Waals surface area (Å²) >= 11 is 0. The third kappa shape index (κ3) is 1.46. The number of carbonyl (C=O) groups excluding carboxylic acids is 1. The maximum Gasteiger partial charge on any atom is 0.237 e. The highest BCUT2D eigenvalue weighted by Crippen LogP contribution is 2.33. The van der Waals surface area contributed by atoms with Gasteiger partial charge in [-0.1, -0.05) is 13.3 Å². The Labute approximate surface area is 72.9 Å². The average molecular weight is 168 g/mol. The number of carbonyl (C=O) groups is 1. The lowest BCUT2D eigenvalue weighted by atomic mass is 10.1. The van der Waals surface area contributed by atoms with Crippen molar-refractivity contribution in [2.45, 2.75) is 38.3 Å². The molecule has 2 N–H and O–H groups in total. The van der Waals surface area contributed by atoms with Gasteiger partial charge < -0.3 is 10.6 Å². The van der Waals surface area contributed by atoms with Gasteiger partial charge in [-0.05, 0) is 25.3 Å². The molecule has 1 saturated heterocycles. The van der Waals surface area contributed by atoms with E-state index in [0.717, 1.165) is 18.9 Å². The monoisotopic (exact) mass is 168 g/mol. The van der Waals surface area contributed by atoms with Crippen molar-refractivity contribution in [3.63, 3.8) is 0 Å². The second kappa shape index (κ2) is 3.05. The summed E-state index contributed by atoms with van der Waals surface area (Å²) < 4.78 is 0. The molecular formula is C9H16N2O. The largest absolute Gasteiger partial charge is 0.352 e. The Bertz CT molecular complexity index is 189. The van der Waals surface area contributed by atoms with Crippen molar-refractivity contribution in [1.82, 2.24) is 10.6 Å². The van der Waals surface area contributed by atoms with E-state index in [-0.39, 0.29) is 11.9 Å². The molecule has 12 heavy (non-hydrogen) atoms. The minimum Gasteiger partial charge on any atom is -0.352 e. The van der Waals surface area contributed by atoms with E-state index >= 15 is 0 Å². The summed E-state index contributed by atoms with van der Waals surface area (Å²) in [5.41, 5.74) is 0. The van der Waals surface area contributed by atoms with Gasteiger partial charge in [0.25, 0.3) is 0 Å². The summed E-state index contributed by atoms with van der Waals surface area (Å²) in [7, 11) is 0. The Morgan fingerprint density at radius 3 is 2.83 bits per heavy atom. The fourth-order valence-corrected chi connectivity index (χ4v) is 1.67. The Balaban J connectivity index is 1.69. The van der Waals surface area contributed by atoms with Crippen LogP contribution in [0.3, 0.4) is 0 Å². The number of hydrogen-bond donors (Lipinski definition) is 2. The molecule has 2 aliphatic rings. The fraction of sp³-hybridized carbons (Fsp3) is 0.889. The van der Waals surface area contributed by atoms with Gasteiger partial charge in [0.1, 0.15) is 0 Å². The lowest BCUT2D eigenvalue weighted by molar-refractivity contribution is -0.124. The van der Waals surface area contributed by atoms with Crippen molar-refractivity contribution in [2.24, 2.45) is 5.92 Å². The van der Waals surface area contributed by atoms with E-state index in [1.807, 2.05) is 0 Å². The SMILES string of the molecule is CCC1CC1NC(=O)[C@H]1CCN1. The Morgan fingerprint density at radius 2 is 2.42 bits per heavy atom. The highest BCUT2D eigenvalue weighted by Gasteiger charge is 2.38. The molecule has 0 spiro atoms. The molecule has 0 aromatic carbocycles. The first-order valence-corrected chi connectivity index (χ1v) is 4.85. The molecule has 0 radical (unpaired) electrons. The third-order valence-corrected chi connectivity index (χ3v) is 2.91. The van der Waals surface area contributed by atoms with E-state index in [4.69, 9.17) is 0 Å². The van der Waals surface area contributed by atoms with Gasteiger partial charge in [0, 0.05) is 6.04 Å². The van der Waals surface area contributed by atoms with Crippen LogP contribution in [0.4, 0.5) is 0 Å². The topological polar surface area (TPSA) is 41.1 Å². The second-order valence-corrected chi connectivity index (χ2v) is 3.81. The van der Waals surface area contributed by atoms with Gasteiger partial charge in [-0.15, -0.1) is 0 Å². The fourth-order valence-electron chi connectivity index (χ4n) is 1.67. The summed E-state index contributed by atoms with van der Waals surface area (Å²) in [4.78, 5) is 11.4. The van der Waals surface area contributed by atoms with Gasteiger partial charge in [-0.2, -0.15) is 0 Å². The Kier molecular flexibility index (Phi) is 2.05. The molecular weight excluding hydrogens is 152 g/mol. The normalized spacial score (nSPS) is 38.6. The third-order valence-electron chi connectivity index (χ3n) is 2.91. The lowest BCUT2D eigenvalue weighted by Gasteiger charge is -2.26. The first-order chi connectivity index (χ1) is 5.81. The minimum absolute atomic E-state index is 0.114. The first kappa shape index (κ1) is 8.05. The van der Waals surface area contributed by atoms with E-state index in [1.54, 1.807) is 0 Å². The molecule has 3 heteroatoms. The van der Waals surface area contributed by atoms with Crippen LogP contribution in [-0.2, 0) is 4.79 Å². The van der Waals surface area contributed by atoms with Gasteiger partial charge in [-0.3, -0.25) is 4.79 Å². The molecule has 2 unspecified atom stereocenters. The molecule has 3 nitrogen and oxygen atoms in total. The maximum absolute atomic E-state index is 11.4. The van der Waals surface area contributed by atoms with Crippen molar-refractivity contribution >= 4 is 5.91 Å². The van der Waals surface area contributed by atoms with Crippen molar-refractivity contribution in [2.75, 3.05) is 6.54 Å². The van der Waals surface area contributed by atoms with Crippen LogP contribution >= 0.6 is 0 Å². The van der Waals surface area contributed by atoms with E-state index in [0.29, 0.717) is 6.04 Å². The molecule has 0 aromatic rings. The quantitative estimate of drug-likeness (QED) is 0.635. The second-order valence-electron chi connectivity index (χ2n) is 3.81. The predicted octanol–water partition coefficient (Wildman–Crippen LogP) is 0.263. The molecule has 1 amide bonds. The molecule has 0 aromatic heterocycles. The van der Waals surface area contributed by atoms with Crippen molar-refractivity contribution in [1.29, 1.82) is 0 Å². The molecule has 68 valence electrons. The highest BCUT2D eigenvalue weighted by atomic mass is 16.2. The molecule has 1 aliphatic heterocycles. The van der Waals surface area contributed by atoms with Crippen LogP contribution in [0.5, 0.6) is 0 Å². The van der Waals surface area contributed by atoms with Gasteiger partial charge in [0.05, 0.1) is 6.04 Å².